The lowest BCUT2D eigenvalue weighted by Crippen LogP contribution is -2.57. The third kappa shape index (κ3) is 2.11. The largest absolute Gasteiger partial charge is 0.353 e. The molecule has 0 aliphatic carbocycles. The average Bonchev–Trinajstić information content (AvgIpc) is 2.31. The highest BCUT2D eigenvalue weighted by molar-refractivity contribution is 5.80. The van der Waals surface area contributed by atoms with Crippen LogP contribution >= 0.6 is 0 Å². The van der Waals surface area contributed by atoms with Crippen LogP contribution in [0.2, 0.25) is 0 Å². The predicted molar refractivity (Wildman–Crippen MR) is 61.5 cm³/mol. The molecule has 0 aromatic heterocycles. The van der Waals surface area contributed by atoms with Gasteiger partial charge in [0, 0.05) is 32.6 Å². The maximum absolute atomic E-state index is 11.3. The number of piperidine rings is 2. The number of hydrogen-bond donors (Lipinski definition) is 3. The number of likely N-dealkylation sites (tertiary alicyclic amines) is 1. The summed E-state index contributed by atoms with van der Waals surface area (Å²) in [6, 6.07) is 0.341. The summed E-state index contributed by atoms with van der Waals surface area (Å²) >= 11 is 0. The number of nitrogens with two attached hydrogens (primary N) is 1. The van der Waals surface area contributed by atoms with E-state index in [2.05, 4.69) is 20.6 Å². The molecule has 6 heteroatoms. The fraction of sp³-hybridized carbons (Fsp3) is 0.800. The summed E-state index contributed by atoms with van der Waals surface area (Å²) in [6.45, 7) is 1.81. The number of carbonyl (C=O) groups is 1. The number of hydrazine groups is 1. The molecule has 6 nitrogen and oxygen atoms in total. The van der Waals surface area contributed by atoms with Gasteiger partial charge in [0.2, 0.25) is 11.9 Å². The molecular formula is C10H19N5O. The van der Waals surface area contributed by atoms with E-state index in [9.17, 15) is 4.79 Å². The molecule has 0 aromatic rings. The van der Waals surface area contributed by atoms with Crippen LogP contribution in [0.15, 0.2) is 4.99 Å². The van der Waals surface area contributed by atoms with Crippen molar-refractivity contribution in [3.63, 3.8) is 0 Å². The lowest BCUT2D eigenvalue weighted by Gasteiger charge is -2.42. The molecule has 90 valence electrons. The third-order valence-corrected chi connectivity index (χ3v) is 3.46. The van der Waals surface area contributed by atoms with Crippen molar-refractivity contribution in [3.05, 3.63) is 0 Å². The number of amides is 1. The van der Waals surface area contributed by atoms with Crippen molar-refractivity contribution in [2.24, 2.45) is 16.8 Å². The van der Waals surface area contributed by atoms with Crippen LogP contribution in [0.25, 0.3) is 0 Å². The first-order valence-electron chi connectivity index (χ1n) is 5.72. The van der Waals surface area contributed by atoms with Crippen molar-refractivity contribution in [1.82, 2.24) is 15.6 Å². The van der Waals surface area contributed by atoms with Crippen LogP contribution in [0, 0.1) is 5.92 Å². The number of hydrogen-bond acceptors (Lipinski definition) is 3. The molecule has 2 heterocycles. The van der Waals surface area contributed by atoms with Gasteiger partial charge in [-0.05, 0) is 18.8 Å². The second-order valence-corrected chi connectivity index (χ2v) is 4.40. The fourth-order valence-electron chi connectivity index (χ4n) is 2.60. The third-order valence-electron chi connectivity index (χ3n) is 3.46. The number of fused-ring (bicyclic) bond motifs is 1. The van der Waals surface area contributed by atoms with Crippen LogP contribution in [0.1, 0.15) is 19.3 Å². The summed E-state index contributed by atoms with van der Waals surface area (Å²) in [5.74, 6) is 6.86. The Morgan fingerprint density at radius 3 is 3.12 bits per heavy atom. The number of nitrogens with one attached hydrogen (secondary N) is 2. The highest BCUT2D eigenvalue weighted by Gasteiger charge is 2.34. The first-order chi connectivity index (χ1) is 7.74. The Labute approximate surface area is 95.2 Å². The van der Waals surface area contributed by atoms with Gasteiger partial charge < -0.3 is 10.2 Å². The van der Waals surface area contributed by atoms with E-state index in [-0.39, 0.29) is 5.91 Å². The number of aliphatic imine (C=N–C) groups is 1. The summed E-state index contributed by atoms with van der Waals surface area (Å²) in [6.07, 6.45) is 2.58. The molecular weight excluding hydrogens is 206 g/mol. The molecule has 2 unspecified atom stereocenters. The van der Waals surface area contributed by atoms with Gasteiger partial charge in [0.05, 0.1) is 0 Å². The number of nitrogens with zero attached hydrogens (tertiary/aromatic N) is 2. The summed E-state index contributed by atoms with van der Waals surface area (Å²) in [4.78, 5) is 17.5. The van der Waals surface area contributed by atoms with Crippen LogP contribution in [0.4, 0.5) is 0 Å². The van der Waals surface area contributed by atoms with Crippen molar-refractivity contribution in [3.8, 4) is 0 Å². The lowest BCUT2D eigenvalue weighted by molar-refractivity contribution is -0.125. The van der Waals surface area contributed by atoms with Gasteiger partial charge in [0.25, 0.3) is 0 Å². The van der Waals surface area contributed by atoms with Gasteiger partial charge in [-0.25, -0.2) is 5.84 Å². The Balaban J connectivity index is 1.98. The first kappa shape index (κ1) is 11.2. The lowest BCUT2D eigenvalue weighted by atomic mass is 9.85. The molecule has 4 N–H and O–H groups in total. The van der Waals surface area contributed by atoms with E-state index in [1.54, 1.807) is 7.05 Å². The van der Waals surface area contributed by atoms with E-state index in [0.717, 1.165) is 31.9 Å². The van der Waals surface area contributed by atoms with Crippen LogP contribution in [-0.4, -0.2) is 42.9 Å². The average molecular weight is 225 g/mol. The molecule has 2 aliphatic heterocycles. The predicted octanol–water partition coefficient (Wildman–Crippen LogP) is -0.964. The molecule has 0 bridgehead atoms. The van der Waals surface area contributed by atoms with E-state index < -0.39 is 0 Å². The van der Waals surface area contributed by atoms with Crippen LogP contribution < -0.4 is 16.6 Å². The smallest absolute Gasteiger partial charge is 0.220 e. The quantitative estimate of drug-likeness (QED) is 0.214. The van der Waals surface area contributed by atoms with Gasteiger partial charge in [-0.15, -0.1) is 0 Å². The van der Waals surface area contributed by atoms with Crippen molar-refractivity contribution in [2.45, 2.75) is 25.3 Å². The molecule has 1 amide bonds. The number of rotatable bonds is 0. The fourth-order valence-corrected chi connectivity index (χ4v) is 2.60. The summed E-state index contributed by atoms with van der Waals surface area (Å²) in [5, 5.41) is 3.06. The van der Waals surface area contributed by atoms with Crippen LogP contribution in [0.3, 0.4) is 0 Å². The Kier molecular flexibility index (Phi) is 3.28. The van der Waals surface area contributed by atoms with Gasteiger partial charge >= 0.3 is 0 Å². The zero-order valence-corrected chi connectivity index (χ0v) is 9.57. The highest BCUT2D eigenvalue weighted by atomic mass is 16.1. The Hall–Kier alpha value is -1.30. The second-order valence-electron chi connectivity index (χ2n) is 4.40. The van der Waals surface area contributed by atoms with E-state index in [1.165, 1.54) is 0 Å². The van der Waals surface area contributed by atoms with Crippen LogP contribution in [0.5, 0.6) is 0 Å². The molecule has 2 saturated heterocycles. The highest BCUT2D eigenvalue weighted by Crippen LogP contribution is 2.25. The van der Waals surface area contributed by atoms with E-state index in [4.69, 9.17) is 5.84 Å². The Bertz CT molecular complexity index is 304. The summed E-state index contributed by atoms with van der Waals surface area (Å²) in [7, 11) is 1.73. The van der Waals surface area contributed by atoms with Crippen molar-refractivity contribution in [2.75, 3.05) is 20.1 Å². The zero-order valence-electron chi connectivity index (χ0n) is 9.57. The molecule has 0 saturated carbocycles. The van der Waals surface area contributed by atoms with E-state index in [1.807, 2.05) is 0 Å². The standard InChI is InChI=1S/C10H19N5O/c1-12-10(14-11)15-5-4-8-7(6-15)2-3-9(16)13-8/h7-8H,2-6,11H2,1H3,(H,12,14)(H,13,16). The van der Waals surface area contributed by atoms with Gasteiger partial charge in [0.15, 0.2) is 0 Å². The summed E-state index contributed by atoms with van der Waals surface area (Å²) < 4.78 is 0. The van der Waals surface area contributed by atoms with E-state index in [0.29, 0.717) is 18.4 Å². The van der Waals surface area contributed by atoms with Crippen molar-refractivity contribution >= 4 is 11.9 Å². The summed E-state index contributed by atoms with van der Waals surface area (Å²) in [5.41, 5.74) is 2.61. The van der Waals surface area contributed by atoms with Gasteiger partial charge in [-0.3, -0.25) is 15.2 Å². The molecule has 2 atom stereocenters. The minimum Gasteiger partial charge on any atom is -0.353 e. The number of carbonyl (C=O) groups excluding carboxylic acids is 1. The molecule has 2 fully saturated rings. The molecule has 0 radical (unpaired) electrons. The van der Waals surface area contributed by atoms with Crippen LogP contribution in [-0.2, 0) is 4.79 Å². The topological polar surface area (TPSA) is 82.8 Å². The van der Waals surface area contributed by atoms with Crippen molar-refractivity contribution in [1.29, 1.82) is 0 Å². The van der Waals surface area contributed by atoms with Crippen molar-refractivity contribution < 1.29 is 4.79 Å². The SMILES string of the molecule is CN=C(NN)N1CCC2NC(=O)CCC2C1. The van der Waals surface area contributed by atoms with Gasteiger partial charge in [0.1, 0.15) is 0 Å². The van der Waals surface area contributed by atoms with Gasteiger partial charge in [-0.1, -0.05) is 0 Å². The van der Waals surface area contributed by atoms with Gasteiger partial charge in [-0.2, -0.15) is 0 Å². The molecule has 2 aliphatic rings. The first-order valence-corrected chi connectivity index (χ1v) is 5.72. The normalized spacial score (nSPS) is 30.8. The molecule has 16 heavy (non-hydrogen) atoms. The second kappa shape index (κ2) is 4.69. The Morgan fingerprint density at radius 1 is 1.62 bits per heavy atom. The minimum absolute atomic E-state index is 0.191. The van der Waals surface area contributed by atoms with E-state index >= 15 is 0 Å². The molecule has 2 rings (SSSR count). The zero-order chi connectivity index (χ0) is 11.5. The Morgan fingerprint density at radius 2 is 2.44 bits per heavy atom. The minimum atomic E-state index is 0.191. The molecule has 0 aromatic carbocycles. The maximum Gasteiger partial charge on any atom is 0.220 e. The monoisotopic (exact) mass is 225 g/mol. The molecule has 0 spiro atoms. The maximum atomic E-state index is 11.3. The number of guanidine groups is 1.